The van der Waals surface area contributed by atoms with Gasteiger partial charge in [0.15, 0.2) is 0 Å². The Kier molecular flexibility index (Phi) is 3.97. The van der Waals surface area contributed by atoms with Crippen LogP contribution in [-0.2, 0) is 9.47 Å². The van der Waals surface area contributed by atoms with Crippen LogP contribution in [0.3, 0.4) is 0 Å². The van der Waals surface area contributed by atoms with E-state index in [-0.39, 0.29) is 6.61 Å². The van der Waals surface area contributed by atoms with Crippen LogP contribution in [0.25, 0.3) is 21.8 Å². The molecule has 3 rings (SSSR count). The van der Waals surface area contributed by atoms with Crippen molar-refractivity contribution in [1.29, 1.82) is 0 Å². The van der Waals surface area contributed by atoms with Gasteiger partial charge in [-0.3, -0.25) is 4.98 Å². The Bertz CT molecular complexity index is 898. The lowest BCUT2D eigenvalue weighted by molar-refractivity contribution is 0.0515. The molecule has 0 unspecified atom stereocenters. The number of pyridine rings is 1. The number of rotatable bonds is 4. The van der Waals surface area contributed by atoms with E-state index in [1.807, 2.05) is 12.1 Å². The highest BCUT2D eigenvalue weighted by molar-refractivity contribution is 6.15. The molecule has 0 radical (unpaired) electrons. The molecule has 23 heavy (non-hydrogen) atoms. The van der Waals surface area contributed by atoms with Crippen molar-refractivity contribution in [1.82, 2.24) is 9.97 Å². The number of carbonyl (C=O) groups excluding carboxylic acids is 2. The number of hydrogen-bond acceptors (Lipinski definition) is 5. The van der Waals surface area contributed by atoms with Crippen LogP contribution >= 0.6 is 0 Å². The summed E-state index contributed by atoms with van der Waals surface area (Å²) in [6.45, 7) is 4.09. The van der Waals surface area contributed by atoms with Crippen molar-refractivity contribution in [2.45, 2.75) is 13.8 Å². The fraction of sp³-hybridized carbons (Fsp3) is 0.235. The lowest BCUT2D eigenvalue weighted by Crippen LogP contribution is -2.06. The summed E-state index contributed by atoms with van der Waals surface area (Å²) in [5, 5.41) is 1.44. The average molecular weight is 312 g/mol. The van der Waals surface area contributed by atoms with Crippen LogP contribution in [-0.4, -0.2) is 35.1 Å². The maximum atomic E-state index is 12.2. The summed E-state index contributed by atoms with van der Waals surface area (Å²) in [6, 6.07) is 6.97. The first kappa shape index (κ1) is 15.0. The van der Waals surface area contributed by atoms with Gasteiger partial charge in [-0.1, -0.05) is 6.07 Å². The highest BCUT2D eigenvalue weighted by Crippen LogP contribution is 2.28. The number of aromatic nitrogens is 2. The molecule has 0 spiro atoms. The third-order valence-electron chi connectivity index (χ3n) is 3.49. The van der Waals surface area contributed by atoms with Crippen molar-refractivity contribution in [2.24, 2.45) is 0 Å². The number of H-pyrrole nitrogens is 1. The number of esters is 2. The van der Waals surface area contributed by atoms with Gasteiger partial charge in [0.2, 0.25) is 0 Å². The molecule has 0 aliphatic carbocycles. The number of hydrogen-bond donors (Lipinski definition) is 1. The van der Waals surface area contributed by atoms with Crippen molar-refractivity contribution in [3.8, 4) is 0 Å². The summed E-state index contributed by atoms with van der Waals surface area (Å²) in [4.78, 5) is 31.4. The Balaban J connectivity index is 2.24. The lowest BCUT2D eigenvalue weighted by Gasteiger charge is -2.06. The van der Waals surface area contributed by atoms with Crippen molar-refractivity contribution in [2.75, 3.05) is 13.2 Å². The topological polar surface area (TPSA) is 81.3 Å². The summed E-state index contributed by atoms with van der Waals surface area (Å²) < 4.78 is 10.1. The molecule has 0 amide bonds. The van der Waals surface area contributed by atoms with Crippen LogP contribution in [0.1, 0.15) is 34.7 Å². The number of nitrogens with one attached hydrogen (secondary N) is 1. The van der Waals surface area contributed by atoms with Crippen molar-refractivity contribution in [3.05, 3.63) is 41.7 Å². The van der Waals surface area contributed by atoms with Crippen LogP contribution in [0, 0.1) is 0 Å². The second kappa shape index (κ2) is 6.08. The molecular weight excluding hydrogens is 296 g/mol. The van der Waals surface area contributed by atoms with Crippen LogP contribution in [0.4, 0.5) is 0 Å². The van der Waals surface area contributed by atoms with Gasteiger partial charge in [-0.05, 0) is 32.0 Å². The summed E-state index contributed by atoms with van der Waals surface area (Å²) in [5.74, 6) is -0.849. The Morgan fingerprint density at radius 1 is 1.09 bits per heavy atom. The average Bonchev–Trinajstić information content (AvgIpc) is 2.99. The molecular formula is C17H16N2O4. The second-order valence-electron chi connectivity index (χ2n) is 4.91. The zero-order valence-corrected chi connectivity index (χ0v) is 12.9. The first-order chi connectivity index (χ1) is 11.2. The predicted octanol–water partition coefficient (Wildman–Crippen LogP) is 3.07. The Labute approximate surface area is 132 Å². The standard InChI is InChI=1S/C17H16N2O4/c1-3-22-16(20)11-7-8-18-12-6-5-10-9-13(17(21)23-4-2)19-15(10)14(11)12/h5-9,19H,3-4H2,1-2H3. The predicted molar refractivity (Wildman–Crippen MR) is 85.5 cm³/mol. The molecule has 1 N–H and O–H groups in total. The summed E-state index contributed by atoms with van der Waals surface area (Å²) in [7, 11) is 0. The van der Waals surface area contributed by atoms with Gasteiger partial charge < -0.3 is 14.5 Å². The van der Waals surface area contributed by atoms with E-state index in [9.17, 15) is 9.59 Å². The van der Waals surface area contributed by atoms with Crippen molar-refractivity contribution < 1.29 is 19.1 Å². The number of aromatic amines is 1. The van der Waals surface area contributed by atoms with Crippen molar-refractivity contribution >= 4 is 33.7 Å². The van der Waals surface area contributed by atoms with Crippen LogP contribution in [0.15, 0.2) is 30.5 Å². The second-order valence-corrected chi connectivity index (χ2v) is 4.91. The summed E-state index contributed by atoms with van der Waals surface area (Å²) >= 11 is 0. The van der Waals surface area contributed by atoms with Gasteiger partial charge in [0.05, 0.1) is 29.8 Å². The van der Waals surface area contributed by atoms with Gasteiger partial charge in [0.25, 0.3) is 0 Å². The molecule has 0 fully saturated rings. The van der Waals surface area contributed by atoms with Gasteiger partial charge in [0.1, 0.15) is 5.69 Å². The fourth-order valence-corrected chi connectivity index (χ4v) is 2.54. The molecule has 6 heteroatoms. The summed E-state index contributed by atoms with van der Waals surface area (Å²) in [6.07, 6.45) is 1.57. The SMILES string of the molecule is CCOC(=O)c1cc2ccc3nccc(C(=O)OCC)c3c2[nH]1. The maximum Gasteiger partial charge on any atom is 0.354 e. The van der Waals surface area contributed by atoms with Crippen LogP contribution < -0.4 is 0 Å². The monoisotopic (exact) mass is 312 g/mol. The molecule has 2 aromatic heterocycles. The zero-order valence-electron chi connectivity index (χ0n) is 12.9. The Morgan fingerprint density at radius 2 is 1.83 bits per heavy atom. The molecule has 0 bridgehead atoms. The molecule has 1 aromatic carbocycles. The van der Waals surface area contributed by atoms with Crippen LogP contribution in [0.5, 0.6) is 0 Å². The normalized spacial score (nSPS) is 10.9. The largest absolute Gasteiger partial charge is 0.462 e. The van der Waals surface area contributed by atoms with Gasteiger partial charge in [-0.15, -0.1) is 0 Å². The minimum absolute atomic E-state index is 0.289. The minimum Gasteiger partial charge on any atom is -0.462 e. The zero-order chi connectivity index (χ0) is 16.4. The van der Waals surface area contributed by atoms with Crippen LogP contribution in [0.2, 0.25) is 0 Å². The third-order valence-corrected chi connectivity index (χ3v) is 3.49. The molecule has 2 heterocycles. The number of nitrogens with zero attached hydrogens (tertiary/aromatic N) is 1. The number of ether oxygens (including phenoxy) is 2. The van der Waals surface area contributed by atoms with E-state index in [1.54, 1.807) is 32.2 Å². The van der Waals surface area contributed by atoms with E-state index < -0.39 is 11.9 Å². The van der Waals surface area contributed by atoms with Gasteiger partial charge >= 0.3 is 11.9 Å². The molecule has 0 aliphatic heterocycles. The molecule has 0 saturated carbocycles. The Morgan fingerprint density at radius 3 is 2.57 bits per heavy atom. The molecule has 0 saturated heterocycles. The van der Waals surface area contributed by atoms with E-state index in [2.05, 4.69) is 9.97 Å². The maximum absolute atomic E-state index is 12.2. The smallest absolute Gasteiger partial charge is 0.354 e. The fourth-order valence-electron chi connectivity index (χ4n) is 2.54. The number of fused-ring (bicyclic) bond motifs is 3. The highest BCUT2D eigenvalue weighted by Gasteiger charge is 2.17. The number of carbonyl (C=O) groups is 2. The van der Waals surface area contributed by atoms with E-state index >= 15 is 0 Å². The molecule has 0 atom stereocenters. The molecule has 6 nitrogen and oxygen atoms in total. The van der Waals surface area contributed by atoms with Gasteiger partial charge in [-0.25, -0.2) is 9.59 Å². The molecule has 3 aromatic rings. The third kappa shape index (κ3) is 2.63. The highest BCUT2D eigenvalue weighted by atomic mass is 16.5. The van der Waals surface area contributed by atoms with Crippen molar-refractivity contribution in [3.63, 3.8) is 0 Å². The van der Waals surface area contributed by atoms with E-state index in [0.717, 1.165) is 5.39 Å². The quantitative estimate of drug-likeness (QED) is 0.749. The van der Waals surface area contributed by atoms with E-state index in [1.165, 1.54) is 0 Å². The Hall–Kier alpha value is -2.89. The lowest BCUT2D eigenvalue weighted by atomic mass is 10.1. The number of benzene rings is 1. The van der Waals surface area contributed by atoms with Gasteiger partial charge in [0, 0.05) is 17.0 Å². The first-order valence-electron chi connectivity index (χ1n) is 7.40. The molecule has 118 valence electrons. The van der Waals surface area contributed by atoms with E-state index in [0.29, 0.717) is 34.3 Å². The molecule has 0 aliphatic rings. The minimum atomic E-state index is -0.432. The summed E-state index contributed by atoms with van der Waals surface area (Å²) in [5.41, 5.74) is 2.08. The first-order valence-corrected chi connectivity index (χ1v) is 7.40. The van der Waals surface area contributed by atoms with E-state index in [4.69, 9.17) is 9.47 Å². The van der Waals surface area contributed by atoms with Gasteiger partial charge in [-0.2, -0.15) is 0 Å².